The lowest BCUT2D eigenvalue weighted by Crippen LogP contribution is -2.32. The monoisotopic (exact) mass is 275 g/mol. The van der Waals surface area contributed by atoms with E-state index in [9.17, 15) is 14.4 Å². The third kappa shape index (κ3) is 2.18. The molecule has 0 radical (unpaired) electrons. The van der Waals surface area contributed by atoms with Gasteiger partial charge in [-0.15, -0.1) is 0 Å². The van der Waals surface area contributed by atoms with Gasteiger partial charge in [0.25, 0.3) is 0 Å². The van der Waals surface area contributed by atoms with Crippen LogP contribution in [-0.2, 0) is 11.3 Å². The molecule has 0 spiro atoms. The number of aromatic amines is 1. The van der Waals surface area contributed by atoms with Crippen molar-refractivity contribution in [3.05, 3.63) is 34.2 Å². The van der Waals surface area contributed by atoms with Crippen molar-refractivity contribution in [2.45, 2.75) is 25.4 Å². The van der Waals surface area contributed by atoms with Gasteiger partial charge >= 0.3 is 11.7 Å². The summed E-state index contributed by atoms with van der Waals surface area (Å²) in [6.45, 7) is -0.113. The van der Waals surface area contributed by atoms with E-state index in [1.165, 1.54) is 10.6 Å². The summed E-state index contributed by atoms with van der Waals surface area (Å²) in [4.78, 5) is 37.3. The number of nitrogens with zero attached hydrogens (tertiary/aromatic N) is 1. The van der Waals surface area contributed by atoms with Crippen molar-refractivity contribution in [1.82, 2.24) is 14.9 Å². The van der Waals surface area contributed by atoms with Crippen molar-refractivity contribution in [1.29, 1.82) is 0 Å². The number of fused-ring (bicyclic) bond motifs is 1. The molecule has 1 saturated carbocycles. The van der Waals surface area contributed by atoms with E-state index in [4.69, 9.17) is 5.11 Å². The number of hydrogen-bond donors (Lipinski definition) is 3. The van der Waals surface area contributed by atoms with E-state index in [-0.39, 0.29) is 29.6 Å². The number of carbonyl (C=O) groups excluding carboxylic acids is 1. The lowest BCUT2D eigenvalue weighted by atomic mass is 10.2. The zero-order valence-corrected chi connectivity index (χ0v) is 10.5. The fourth-order valence-electron chi connectivity index (χ4n) is 2.16. The minimum atomic E-state index is -1.12. The first kappa shape index (κ1) is 12.5. The zero-order valence-electron chi connectivity index (χ0n) is 10.5. The van der Waals surface area contributed by atoms with Crippen molar-refractivity contribution in [2.24, 2.45) is 0 Å². The standard InChI is InChI=1S/C13H13N3O4/c17-10(14-7-4-5-7)6-16-9-3-1-2-8(12(18)19)11(9)15-13(16)20/h1-3,7H,4-6H2,(H,14,17)(H,15,20)(H,18,19). The lowest BCUT2D eigenvalue weighted by Gasteiger charge is -2.05. The topological polar surface area (TPSA) is 104 Å². The SMILES string of the molecule is O=C(Cn1c(=O)[nH]c2c(C(=O)O)cccc21)NC1CC1. The molecule has 1 aliphatic rings. The average Bonchev–Trinajstić information content (AvgIpc) is 3.14. The van der Waals surface area contributed by atoms with Crippen molar-refractivity contribution < 1.29 is 14.7 Å². The number of carboxylic acid groups (broad SMARTS) is 1. The molecule has 0 aliphatic heterocycles. The van der Waals surface area contributed by atoms with E-state index in [0.29, 0.717) is 5.52 Å². The highest BCUT2D eigenvalue weighted by Gasteiger charge is 2.24. The number of imidazole rings is 1. The minimum absolute atomic E-state index is 0.0148. The van der Waals surface area contributed by atoms with Gasteiger partial charge in [-0.3, -0.25) is 9.36 Å². The number of nitrogens with one attached hydrogen (secondary N) is 2. The number of aromatic carboxylic acids is 1. The Morgan fingerprint density at radius 1 is 1.40 bits per heavy atom. The number of benzene rings is 1. The van der Waals surface area contributed by atoms with E-state index >= 15 is 0 Å². The van der Waals surface area contributed by atoms with Gasteiger partial charge in [0.1, 0.15) is 6.54 Å². The number of amides is 1. The first-order valence-corrected chi connectivity index (χ1v) is 6.30. The Balaban J connectivity index is 2.00. The van der Waals surface area contributed by atoms with Crippen LogP contribution in [-0.4, -0.2) is 32.6 Å². The van der Waals surface area contributed by atoms with E-state index in [1.807, 2.05) is 0 Å². The molecule has 1 fully saturated rings. The van der Waals surface area contributed by atoms with Crippen LogP contribution in [0.3, 0.4) is 0 Å². The Morgan fingerprint density at radius 3 is 2.80 bits per heavy atom. The molecular formula is C13H13N3O4. The fraction of sp³-hybridized carbons (Fsp3) is 0.308. The summed E-state index contributed by atoms with van der Waals surface area (Å²) in [5, 5.41) is 11.9. The van der Waals surface area contributed by atoms with Crippen molar-refractivity contribution in [3.8, 4) is 0 Å². The van der Waals surface area contributed by atoms with Gasteiger partial charge < -0.3 is 15.4 Å². The molecule has 1 aromatic heterocycles. The third-order valence-electron chi connectivity index (χ3n) is 3.28. The summed E-state index contributed by atoms with van der Waals surface area (Å²) < 4.78 is 1.25. The molecule has 7 heteroatoms. The van der Waals surface area contributed by atoms with Crippen LogP contribution in [0.15, 0.2) is 23.0 Å². The molecule has 0 saturated heterocycles. The lowest BCUT2D eigenvalue weighted by molar-refractivity contribution is -0.121. The molecule has 0 unspecified atom stereocenters. The summed E-state index contributed by atoms with van der Waals surface area (Å²) in [5.74, 6) is -1.36. The Morgan fingerprint density at radius 2 is 2.15 bits per heavy atom. The molecule has 7 nitrogen and oxygen atoms in total. The highest BCUT2D eigenvalue weighted by Crippen LogP contribution is 2.19. The third-order valence-corrected chi connectivity index (χ3v) is 3.28. The van der Waals surface area contributed by atoms with Gasteiger partial charge in [0, 0.05) is 6.04 Å². The van der Waals surface area contributed by atoms with Gasteiger partial charge in [-0.2, -0.15) is 0 Å². The molecule has 3 rings (SSSR count). The summed E-state index contributed by atoms with van der Waals surface area (Å²) in [5.41, 5.74) is 0.186. The molecule has 1 heterocycles. The summed E-state index contributed by atoms with van der Waals surface area (Å²) >= 11 is 0. The highest BCUT2D eigenvalue weighted by molar-refractivity contribution is 6.01. The number of hydrogen-bond acceptors (Lipinski definition) is 3. The van der Waals surface area contributed by atoms with Gasteiger partial charge in [0.05, 0.1) is 16.6 Å². The second-order valence-electron chi connectivity index (χ2n) is 4.86. The van der Waals surface area contributed by atoms with Gasteiger partial charge in [-0.1, -0.05) is 6.07 Å². The molecule has 3 N–H and O–H groups in total. The van der Waals surface area contributed by atoms with Crippen LogP contribution in [0.2, 0.25) is 0 Å². The Labute approximate surface area is 113 Å². The molecule has 104 valence electrons. The Hall–Kier alpha value is -2.57. The maximum Gasteiger partial charge on any atom is 0.337 e. The van der Waals surface area contributed by atoms with E-state index in [0.717, 1.165) is 12.8 Å². The van der Waals surface area contributed by atoms with Gasteiger partial charge in [-0.05, 0) is 25.0 Å². The second kappa shape index (κ2) is 4.52. The Bertz CT molecular complexity index is 755. The van der Waals surface area contributed by atoms with Crippen molar-refractivity contribution in [2.75, 3.05) is 0 Å². The quantitative estimate of drug-likeness (QED) is 0.746. The van der Waals surface area contributed by atoms with Gasteiger partial charge in [0.2, 0.25) is 5.91 Å². The zero-order chi connectivity index (χ0) is 14.3. The minimum Gasteiger partial charge on any atom is -0.478 e. The largest absolute Gasteiger partial charge is 0.478 e. The summed E-state index contributed by atoms with van der Waals surface area (Å²) in [6, 6.07) is 4.80. The van der Waals surface area contributed by atoms with Crippen LogP contribution in [0.1, 0.15) is 23.2 Å². The maximum absolute atomic E-state index is 11.9. The predicted molar refractivity (Wildman–Crippen MR) is 70.7 cm³/mol. The molecular weight excluding hydrogens is 262 g/mol. The molecule has 20 heavy (non-hydrogen) atoms. The first-order valence-electron chi connectivity index (χ1n) is 6.30. The van der Waals surface area contributed by atoms with Crippen LogP contribution in [0, 0.1) is 0 Å². The van der Waals surface area contributed by atoms with E-state index in [2.05, 4.69) is 10.3 Å². The fourth-order valence-corrected chi connectivity index (χ4v) is 2.16. The first-order chi connectivity index (χ1) is 9.56. The molecule has 1 aromatic carbocycles. The normalized spacial score (nSPS) is 14.4. The molecule has 1 amide bonds. The van der Waals surface area contributed by atoms with E-state index < -0.39 is 11.7 Å². The second-order valence-corrected chi connectivity index (χ2v) is 4.86. The predicted octanol–water partition coefficient (Wildman–Crippen LogP) is 0.306. The summed E-state index contributed by atoms with van der Waals surface area (Å²) in [6.07, 6.45) is 1.94. The molecule has 0 atom stereocenters. The molecule has 2 aromatic rings. The van der Waals surface area contributed by atoms with Crippen LogP contribution >= 0.6 is 0 Å². The van der Waals surface area contributed by atoms with E-state index in [1.54, 1.807) is 12.1 Å². The van der Waals surface area contributed by atoms with Crippen LogP contribution in [0.25, 0.3) is 11.0 Å². The smallest absolute Gasteiger partial charge is 0.337 e. The Kier molecular flexibility index (Phi) is 2.81. The van der Waals surface area contributed by atoms with Crippen LogP contribution < -0.4 is 11.0 Å². The van der Waals surface area contributed by atoms with Crippen molar-refractivity contribution >= 4 is 22.9 Å². The number of carboxylic acids is 1. The van der Waals surface area contributed by atoms with Crippen molar-refractivity contribution in [3.63, 3.8) is 0 Å². The van der Waals surface area contributed by atoms with Crippen LogP contribution in [0.4, 0.5) is 0 Å². The number of para-hydroxylation sites is 1. The van der Waals surface area contributed by atoms with Gasteiger partial charge in [0.15, 0.2) is 0 Å². The summed E-state index contributed by atoms with van der Waals surface area (Å²) in [7, 11) is 0. The molecule has 1 aliphatic carbocycles. The number of aromatic nitrogens is 2. The van der Waals surface area contributed by atoms with Crippen LogP contribution in [0.5, 0.6) is 0 Å². The number of rotatable bonds is 4. The highest BCUT2D eigenvalue weighted by atomic mass is 16.4. The maximum atomic E-state index is 11.9. The molecule has 0 bridgehead atoms. The number of H-pyrrole nitrogens is 1. The average molecular weight is 275 g/mol. The van der Waals surface area contributed by atoms with Gasteiger partial charge in [-0.25, -0.2) is 9.59 Å². The number of carbonyl (C=O) groups is 2.